The lowest BCUT2D eigenvalue weighted by Crippen LogP contribution is -2.27. The standard InChI is InChI=1S/C16H34N2O10P2/c1-23-29(21,24-2)13-11-27-15(19)17-9-7-5-6-8-10-18-16(20)28-12-14-30(22,25-3)26-4/h5-14H2,1-4H3,(H,17,19)(H,18,20). The molecule has 0 rings (SSSR count). The van der Waals surface area contributed by atoms with E-state index in [-0.39, 0.29) is 25.5 Å². The topological polar surface area (TPSA) is 148 Å². The van der Waals surface area contributed by atoms with Crippen molar-refractivity contribution in [1.82, 2.24) is 10.6 Å². The maximum Gasteiger partial charge on any atom is 0.407 e. The first-order valence-electron chi connectivity index (χ1n) is 9.46. The molecule has 0 spiro atoms. The van der Waals surface area contributed by atoms with Crippen LogP contribution in [0.2, 0.25) is 0 Å². The zero-order chi connectivity index (χ0) is 22.9. The number of alkyl carbamates (subject to hydrolysis) is 2. The van der Waals surface area contributed by atoms with Crippen LogP contribution < -0.4 is 10.6 Å². The van der Waals surface area contributed by atoms with Crippen LogP contribution in [0.3, 0.4) is 0 Å². The zero-order valence-corrected chi connectivity index (χ0v) is 19.8. The molecule has 0 heterocycles. The summed E-state index contributed by atoms with van der Waals surface area (Å²) in [5.74, 6) is 0. The molecule has 12 nitrogen and oxygen atoms in total. The molecule has 0 unspecified atom stereocenters. The van der Waals surface area contributed by atoms with E-state index in [2.05, 4.69) is 10.6 Å². The molecule has 0 saturated heterocycles. The number of carbonyl (C=O) groups is 2. The average molecular weight is 476 g/mol. The number of carbonyl (C=O) groups excluding carboxylic acids is 2. The fraction of sp³-hybridized carbons (Fsp3) is 0.875. The fourth-order valence-corrected chi connectivity index (χ4v) is 3.76. The van der Waals surface area contributed by atoms with Gasteiger partial charge in [-0.1, -0.05) is 12.8 Å². The third-order valence-electron chi connectivity index (χ3n) is 3.95. The van der Waals surface area contributed by atoms with Crippen molar-refractivity contribution in [3.05, 3.63) is 0 Å². The van der Waals surface area contributed by atoms with Crippen LogP contribution in [-0.2, 0) is 36.7 Å². The van der Waals surface area contributed by atoms with Crippen molar-refractivity contribution in [2.75, 3.05) is 67.1 Å². The van der Waals surface area contributed by atoms with Gasteiger partial charge in [0.2, 0.25) is 0 Å². The SMILES string of the molecule is COP(=O)(CCOC(=O)NCCCCCCNC(=O)OCCP(=O)(OC)OC)OC. The molecule has 0 aliphatic heterocycles. The molecule has 2 amide bonds. The van der Waals surface area contributed by atoms with E-state index in [0.717, 1.165) is 25.7 Å². The summed E-state index contributed by atoms with van der Waals surface area (Å²) >= 11 is 0. The van der Waals surface area contributed by atoms with E-state index in [9.17, 15) is 18.7 Å². The lowest BCUT2D eigenvalue weighted by Gasteiger charge is -2.13. The van der Waals surface area contributed by atoms with Crippen LogP contribution in [-0.4, -0.2) is 79.3 Å². The lowest BCUT2D eigenvalue weighted by molar-refractivity contribution is 0.148. The molecule has 0 aromatic heterocycles. The largest absolute Gasteiger partial charge is 0.449 e. The smallest absolute Gasteiger partial charge is 0.407 e. The van der Waals surface area contributed by atoms with E-state index in [1.165, 1.54) is 28.4 Å². The summed E-state index contributed by atoms with van der Waals surface area (Å²) < 4.78 is 52.3. The number of hydrogen-bond acceptors (Lipinski definition) is 10. The Labute approximate surface area is 177 Å². The molecule has 178 valence electrons. The molecule has 0 fully saturated rings. The maximum absolute atomic E-state index is 11.8. The van der Waals surface area contributed by atoms with Gasteiger partial charge in [0.25, 0.3) is 0 Å². The first-order chi connectivity index (χ1) is 14.2. The van der Waals surface area contributed by atoms with E-state index in [1.54, 1.807) is 0 Å². The molecular weight excluding hydrogens is 442 g/mol. The highest BCUT2D eigenvalue weighted by atomic mass is 31.2. The van der Waals surface area contributed by atoms with Gasteiger partial charge in [-0.25, -0.2) is 9.59 Å². The Bertz CT molecular complexity index is 524. The molecule has 0 aliphatic carbocycles. The minimum Gasteiger partial charge on any atom is -0.449 e. The molecule has 0 aliphatic rings. The van der Waals surface area contributed by atoms with E-state index < -0.39 is 27.4 Å². The van der Waals surface area contributed by atoms with E-state index in [4.69, 9.17) is 27.6 Å². The van der Waals surface area contributed by atoms with E-state index in [0.29, 0.717) is 13.1 Å². The number of nitrogens with one attached hydrogen (secondary N) is 2. The van der Waals surface area contributed by atoms with Crippen molar-refractivity contribution in [2.24, 2.45) is 0 Å². The van der Waals surface area contributed by atoms with Gasteiger partial charge >= 0.3 is 27.4 Å². The van der Waals surface area contributed by atoms with Crippen LogP contribution in [0, 0.1) is 0 Å². The molecule has 0 aromatic carbocycles. The minimum absolute atomic E-state index is 0.0130. The maximum atomic E-state index is 11.8. The van der Waals surface area contributed by atoms with Crippen molar-refractivity contribution in [2.45, 2.75) is 25.7 Å². The van der Waals surface area contributed by atoms with Crippen LogP contribution in [0.4, 0.5) is 9.59 Å². The van der Waals surface area contributed by atoms with Gasteiger partial charge in [-0.2, -0.15) is 0 Å². The van der Waals surface area contributed by atoms with Crippen LogP contribution in [0.25, 0.3) is 0 Å². The minimum atomic E-state index is -3.18. The second kappa shape index (κ2) is 16.5. The summed E-state index contributed by atoms with van der Waals surface area (Å²) in [5.41, 5.74) is 0. The molecule has 14 heteroatoms. The molecule has 0 saturated carbocycles. The van der Waals surface area contributed by atoms with Crippen LogP contribution in [0.1, 0.15) is 25.7 Å². The summed E-state index contributed by atoms with van der Waals surface area (Å²) in [5, 5.41) is 5.19. The summed E-state index contributed by atoms with van der Waals surface area (Å²) in [6.07, 6.45) is 1.99. The fourth-order valence-electron chi connectivity index (χ4n) is 2.10. The van der Waals surface area contributed by atoms with E-state index in [1.807, 2.05) is 0 Å². The summed E-state index contributed by atoms with van der Waals surface area (Å²) in [4.78, 5) is 23.0. The Hall–Kier alpha value is -1.16. The first kappa shape index (κ1) is 28.8. The van der Waals surface area contributed by atoms with Crippen molar-refractivity contribution < 1.29 is 46.3 Å². The van der Waals surface area contributed by atoms with Crippen molar-refractivity contribution >= 4 is 27.4 Å². The molecular formula is C16H34N2O10P2. The summed E-state index contributed by atoms with van der Waals surface area (Å²) in [7, 11) is -1.27. The highest BCUT2D eigenvalue weighted by Crippen LogP contribution is 2.46. The van der Waals surface area contributed by atoms with Crippen molar-refractivity contribution in [3.63, 3.8) is 0 Å². The Balaban J connectivity index is 3.59. The lowest BCUT2D eigenvalue weighted by atomic mass is 10.2. The van der Waals surface area contributed by atoms with Gasteiger partial charge < -0.3 is 38.2 Å². The molecule has 0 radical (unpaired) electrons. The highest BCUT2D eigenvalue weighted by molar-refractivity contribution is 7.54. The van der Waals surface area contributed by atoms with Crippen LogP contribution in [0.5, 0.6) is 0 Å². The first-order valence-corrected chi connectivity index (χ1v) is 12.9. The van der Waals surface area contributed by atoms with Gasteiger partial charge in [-0.3, -0.25) is 9.13 Å². The average Bonchev–Trinajstić information content (AvgIpc) is 2.75. The number of ether oxygens (including phenoxy) is 2. The monoisotopic (exact) mass is 476 g/mol. The number of unbranched alkanes of at least 4 members (excludes halogenated alkanes) is 3. The Morgan fingerprint density at radius 3 is 1.27 bits per heavy atom. The Kier molecular flexibility index (Phi) is 15.9. The molecule has 0 aromatic rings. The highest BCUT2D eigenvalue weighted by Gasteiger charge is 2.22. The molecule has 0 atom stereocenters. The van der Waals surface area contributed by atoms with Gasteiger partial charge in [0.1, 0.15) is 13.2 Å². The van der Waals surface area contributed by atoms with Gasteiger partial charge in [0.05, 0.1) is 12.3 Å². The number of hydrogen-bond donors (Lipinski definition) is 2. The summed E-state index contributed by atoms with van der Waals surface area (Å²) in [6.45, 7) is 0.751. The van der Waals surface area contributed by atoms with Gasteiger partial charge in [0, 0.05) is 41.5 Å². The van der Waals surface area contributed by atoms with Gasteiger partial charge in [0.15, 0.2) is 0 Å². The predicted molar refractivity (Wildman–Crippen MR) is 110 cm³/mol. The summed E-state index contributed by atoms with van der Waals surface area (Å²) in [6, 6.07) is 0. The predicted octanol–water partition coefficient (Wildman–Crippen LogP) is 2.97. The second-order valence-corrected chi connectivity index (χ2v) is 10.7. The van der Waals surface area contributed by atoms with Gasteiger partial charge in [-0.15, -0.1) is 0 Å². The van der Waals surface area contributed by atoms with Crippen molar-refractivity contribution in [1.29, 1.82) is 0 Å². The number of amides is 2. The third-order valence-corrected chi connectivity index (χ3v) is 7.64. The Morgan fingerprint density at radius 1 is 0.633 bits per heavy atom. The third kappa shape index (κ3) is 14.0. The van der Waals surface area contributed by atoms with Gasteiger partial charge in [-0.05, 0) is 12.8 Å². The molecule has 30 heavy (non-hydrogen) atoms. The Morgan fingerprint density at radius 2 is 0.967 bits per heavy atom. The molecule has 2 N–H and O–H groups in total. The van der Waals surface area contributed by atoms with Crippen molar-refractivity contribution in [3.8, 4) is 0 Å². The van der Waals surface area contributed by atoms with Crippen LogP contribution in [0.15, 0.2) is 0 Å². The molecule has 0 bridgehead atoms. The van der Waals surface area contributed by atoms with Crippen LogP contribution >= 0.6 is 15.2 Å². The zero-order valence-electron chi connectivity index (χ0n) is 18.0. The van der Waals surface area contributed by atoms with E-state index >= 15 is 0 Å². The normalized spacial score (nSPS) is 11.7. The quantitative estimate of drug-likeness (QED) is 0.237. The number of rotatable bonds is 17. The second-order valence-electron chi connectivity index (χ2n) is 5.94.